The van der Waals surface area contributed by atoms with Gasteiger partial charge in [0.05, 0.1) is 6.61 Å². The second-order valence-electron chi connectivity index (χ2n) is 3.85. The van der Waals surface area contributed by atoms with Gasteiger partial charge in [-0.05, 0) is 29.8 Å². The lowest BCUT2D eigenvalue weighted by molar-refractivity contribution is -0.216. The number of hydrogen-bond donors (Lipinski definition) is 0. The van der Waals surface area contributed by atoms with Crippen LogP contribution in [0.15, 0.2) is 42.5 Å². The SMILES string of the molecule is CCOC(=O)C(F)(F)Oc1ccc2ccccc2c1. The van der Waals surface area contributed by atoms with Crippen molar-refractivity contribution in [3.8, 4) is 5.75 Å². The van der Waals surface area contributed by atoms with Crippen LogP contribution in [0.25, 0.3) is 10.8 Å². The molecule has 0 spiro atoms. The van der Waals surface area contributed by atoms with Gasteiger partial charge in [0, 0.05) is 0 Å². The van der Waals surface area contributed by atoms with E-state index < -0.39 is 12.1 Å². The quantitative estimate of drug-likeness (QED) is 0.796. The van der Waals surface area contributed by atoms with Crippen LogP contribution in [0.3, 0.4) is 0 Å². The lowest BCUT2D eigenvalue weighted by Crippen LogP contribution is -2.36. The predicted octanol–water partition coefficient (Wildman–Crippen LogP) is 3.37. The third kappa shape index (κ3) is 2.99. The number of benzene rings is 2. The van der Waals surface area contributed by atoms with Crippen molar-refractivity contribution in [3.05, 3.63) is 42.5 Å². The van der Waals surface area contributed by atoms with E-state index in [9.17, 15) is 13.6 Å². The Morgan fingerprint density at radius 3 is 2.53 bits per heavy atom. The molecule has 0 aromatic heterocycles. The summed E-state index contributed by atoms with van der Waals surface area (Å²) in [6.45, 7) is 1.32. The number of rotatable bonds is 4. The molecule has 100 valence electrons. The van der Waals surface area contributed by atoms with Crippen LogP contribution in [0.5, 0.6) is 5.75 Å². The van der Waals surface area contributed by atoms with Crippen LogP contribution in [0.2, 0.25) is 0 Å². The lowest BCUT2D eigenvalue weighted by atomic mass is 10.1. The number of alkyl halides is 2. The number of carbonyl (C=O) groups excluding carboxylic acids is 1. The molecule has 0 saturated heterocycles. The summed E-state index contributed by atoms with van der Waals surface area (Å²) in [6, 6.07) is 11.7. The average molecular weight is 266 g/mol. The summed E-state index contributed by atoms with van der Waals surface area (Å²) in [4.78, 5) is 11.0. The number of halogens is 2. The van der Waals surface area contributed by atoms with Crippen molar-refractivity contribution in [1.29, 1.82) is 0 Å². The minimum atomic E-state index is -3.99. The molecule has 3 nitrogen and oxygen atoms in total. The minimum absolute atomic E-state index is 0.0863. The minimum Gasteiger partial charge on any atom is -0.459 e. The lowest BCUT2D eigenvalue weighted by Gasteiger charge is -2.16. The van der Waals surface area contributed by atoms with Gasteiger partial charge in [0.25, 0.3) is 0 Å². The number of esters is 1. The van der Waals surface area contributed by atoms with Crippen LogP contribution < -0.4 is 4.74 Å². The topological polar surface area (TPSA) is 35.5 Å². The van der Waals surface area contributed by atoms with Gasteiger partial charge in [-0.1, -0.05) is 30.3 Å². The molecule has 0 heterocycles. The Labute approximate surface area is 108 Å². The Morgan fingerprint density at radius 2 is 1.84 bits per heavy atom. The van der Waals surface area contributed by atoms with Gasteiger partial charge in [0.1, 0.15) is 5.75 Å². The smallest absolute Gasteiger partial charge is 0.459 e. The molecule has 2 rings (SSSR count). The summed E-state index contributed by atoms with van der Waals surface area (Å²) in [5, 5.41) is 1.65. The second kappa shape index (κ2) is 5.22. The van der Waals surface area contributed by atoms with Gasteiger partial charge in [-0.2, -0.15) is 8.78 Å². The van der Waals surface area contributed by atoms with E-state index in [-0.39, 0.29) is 12.4 Å². The first-order chi connectivity index (χ1) is 9.03. The standard InChI is InChI=1S/C14H12F2O3/c1-2-18-13(17)14(15,16)19-12-8-7-10-5-3-4-6-11(10)9-12/h3-9H,2H2,1H3. The number of fused-ring (bicyclic) bond motifs is 1. The molecule has 5 heteroatoms. The van der Waals surface area contributed by atoms with Gasteiger partial charge in [0.2, 0.25) is 0 Å². The maximum absolute atomic E-state index is 13.4. The summed E-state index contributed by atoms with van der Waals surface area (Å²) in [6.07, 6.45) is -3.99. The summed E-state index contributed by atoms with van der Waals surface area (Å²) in [7, 11) is 0. The molecular formula is C14H12F2O3. The molecule has 0 saturated carbocycles. The van der Waals surface area contributed by atoms with E-state index >= 15 is 0 Å². The van der Waals surface area contributed by atoms with Crippen LogP contribution >= 0.6 is 0 Å². The highest BCUT2D eigenvalue weighted by atomic mass is 19.3. The van der Waals surface area contributed by atoms with Crippen molar-refractivity contribution in [2.75, 3.05) is 6.61 Å². The van der Waals surface area contributed by atoms with E-state index in [1.165, 1.54) is 19.1 Å². The van der Waals surface area contributed by atoms with Gasteiger partial charge in [-0.25, -0.2) is 4.79 Å². The van der Waals surface area contributed by atoms with Crippen LogP contribution in [0.4, 0.5) is 8.78 Å². The zero-order valence-electron chi connectivity index (χ0n) is 10.2. The van der Waals surface area contributed by atoms with E-state index in [2.05, 4.69) is 9.47 Å². The van der Waals surface area contributed by atoms with Gasteiger partial charge < -0.3 is 9.47 Å². The first-order valence-electron chi connectivity index (χ1n) is 5.76. The van der Waals surface area contributed by atoms with Crippen molar-refractivity contribution in [1.82, 2.24) is 0 Å². The third-order valence-electron chi connectivity index (χ3n) is 2.48. The highest BCUT2D eigenvalue weighted by molar-refractivity contribution is 5.84. The molecule has 2 aromatic carbocycles. The molecular weight excluding hydrogens is 254 g/mol. The van der Waals surface area contributed by atoms with Crippen LogP contribution in [0, 0.1) is 0 Å². The maximum Gasteiger partial charge on any atom is 0.502 e. The third-order valence-corrected chi connectivity index (χ3v) is 2.48. The second-order valence-corrected chi connectivity index (χ2v) is 3.85. The summed E-state index contributed by atoms with van der Waals surface area (Å²) < 4.78 is 35.5. The molecule has 0 radical (unpaired) electrons. The molecule has 0 bridgehead atoms. The molecule has 0 aliphatic rings. The normalized spacial score (nSPS) is 11.3. The van der Waals surface area contributed by atoms with Crippen LogP contribution in [0.1, 0.15) is 6.92 Å². The molecule has 0 amide bonds. The van der Waals surface area contributed by atoms with Crippen molar-refractivity contribution >= 4 is 16.7 Å². The summed E-state index contributed by atoms with van der Waals surface area (Å²) in [5.74, 6) is -1.78. The van der Waals surface area contributed by atoms with E-state index in [0.717, 1.165) is 10.8 Å². The summed E-state index contributed by atoms with van der Waals surface area (Å²) in [5.41, 5.74) is 0. The Morgan fingerprint density at radius 1 is 1.16 bits per heavy atom. The molecule has 2 aromatic rings. The molecule has 0 aliphatic carbocycles. The zero-order valence-corrected chi connectivity index (χ0v) is 10.2. The number of ether oxygens (including phenoxy) is 2. The van der Waals surface area contributed by atoms with Crippen molar-refractivity contribution < 1.29 is 23.0 Å². The predicted molar refractivity (Wildman–Crippen MR) is 66.2 cm³/mol. The molecule has 0 N–H and O–H groups in total. The van der Waals surface area contributed by atoms with Crippen molar-refractivity contribution in [2.24, 2.45) is 0 Å². The van der Waals surface area contributed by atoms with Gasteiger partial charge in [-0.3, -0.25) is 0 Å². The van der Waals surface area contributed by atoms with E-state index in [1.54, 1.807) is 18.2 Å². The Kier molecular flexibility index (Phi) is 3.64. The Hall–Kier alpha value is -2.17. The highest BCUT2D eigenvalue weighted by Gasteiger charge is 2.44. The first kappa shape index (κ1) is 13.3. The van der Waals surface area contributed by atoms with Gasteiger partial charge in [0.15, 0.2) is 0 Å². The van der Waals surface area contributed by atoms with Gasteiger partial charge >= 0.3 is 12.1 Å². The van der Waals surface area contributed by atoms with Gasteiger partial charge in [-0.15, -0.1) is 0 Å². The maximum atomic E-state index is 13.4. The van der Waals surface area contributed by atoms with E-state index in [1.807, 2.05) is 12.1 Å². The molecule has 0 unspecified atom stereocenters. The average Bonchev–Trinajstić information content (AvgIpc) is 2.38. The summed E-state index contributed by atoms with van der Waals surface area (Å²) >= 11 is 0. The molecule has 0 aliphatic heterocycles. The fourth-order valence-corrected chi connectivity index (χ4v) is 1.64. The fourth-order valence-electron chi connectivity index (χ4n) is 1.64. The Balaban J connectivity index is 2.23. The van der Waals surface area contributed by atoms with Crippen molar-refractivity contribution in [2.45, 2.75) is 13.0 Å². The molecule has 19 heavy (non-hydrogen) atoms. The highest BCUT2D eigenvalue weighted by Crippen LogP contribution is 2.26. The van der Waals surface area contributed by atoms with Crippen LogP contribution in [-0.4, -0.2) is 18.7 Å². The zero-order chi connectivity index (χ0) is 13.9. The molecule has 0 fully saturated rings. The monoisotopic (exact) mass is 266 g/mol. The fraction of sp³-hybridized carbons (Fsp3) is 0.214. The van der Waals surface area contributed by atoms with E-state index in [0.29, 0.717) is 0 Å². The van der Waals surface area contributed by atoms with Crippen molar-refractivity contribution in [3.63, 3.8) is 0 Å². The van der Waals surface area contributed by atoms with Crippen LogP contribution in [-0.2, 0) is 9.53 Å². The molecule has 0 atom stereocenters. The first-order valence-corrected chi connectivity index (χ1v) is 5.76. The van der Waals surface area contributed by atoms with E-state index in [4.69, 9.17) is 0 Å². The largest absolute Gasteiger partial charge is 0.502 e. The Bertz CT molecular complexity index is 596. The number of hydrogen-bond acceptors (Lipinski definition) is 3. The number of carbonyl (C=O) groups is 1.